The predicted molar refractivity (Wildman–Crippen MR) is 190 cm³/mol. The van der Waals surface area contributed by atoms with E-state index in [0.717, 1.165) is 67.5 Å². The lowest BCUT2D eigenvalue weighted by Crippen LogP contribution is -2.74. The smallest absolute Gasteiger partial charge is 0.193 e. The van der Waals surface area contributed by atoms with Crippen molar-refractivity contribution in [1.82, 2.24) is 40.0 Å². The minimum absolute atomic E-state index is 0.00791. The Hall–Kier alpha value is -3.34. The van der Waals surface area contributed by atoms with Crippen LogP contribution in [-0.4, -0.2) is 53.9 Å². The van der Waals surface area contributed by atoms with E-state index in [-0.39, 0.29) is 49.6 Å². The molecule has 254 valence electrons. The van der Waals surface area contributed by atoms with Crippen LogP contribution in [0.1, 0.15) is 118 Å². The summed E-state index contributed by atoms with van der Waals surface area (Å²) in [6.07, 6.45) is 11.9. The van der Waals surface area contributed by atoms with Gasteiger partial charge in [-0.1, -0.05) is 92.5 Å². The topological polar surface area (TPSA) is 103 Å². The second-order valence-electron chi connectivity index (χ2n) is 18.2. The lowest BCUT2D eigenvalue weighted by Gasteiger charge is -2.69. The molecule has 0 aliphatic heterocycles. The van der Waals surface area contributed by atoms with Crippen LogP contribution in [-0.2, 0) is 32.7 Å². The average molecular weight is 675 g/mol. The molecule has 10 heteroatoms. The van der Waals surface area contributed by atoms with Gasteiger partial charge in [-0.3, -0.25) is 9.52 Å². The Morgan fingerprint density at radius 1 is 0.857 bits per heavy atom. The third-order valence-electron chi connectivity index (χ3n) is 14.7. The van der Waals surface area contributed by atoms with Crippen LogP contribution in [0.15, 0.2) is 60.9 Å². The Kier molecular flexibility index (Phi) is 5.55. The van der Waals surface area contributed by atoms with Crippen molar-refractivity contribution >= 4 is 18.6 Å². The van der Waals surface area contributed by atoms with E-state index in [9.17, 15) is 4.79 Å². The Bertz CT molecular complexity index is 2030. The molecular formula is C39H46N8OS. The maximum absolute atomic E-state index is 13.6. The highest BCUT2D eigenvalue weighted by Crippen LogP contribution is 2.87. The van der Waals surface area contributed by atoms with Crippen LogP contribution in [0.2, 0.25) is 0 Å². The molecule has 0 saturated heterocycles. The zero-order valence-electron chi connectivity index (χ0n) is 29.3. The summed E-state index contributed by atoms with van der Waals surface area (Å²) in [5.74, 6) is 0.546. The standard InChI is InChI=1S/C39H46N8OS/c1-24-38(23-39(24,38)47-15-29(41-45-47)32(2,3)17-33(4,5)40-6)28-13-9-26(10-14-28)31(48)25-7-11-27(12-8-25)36-21-37(36,22-36)46-16-30(42-44-46)34-18-35(19-34,20-34)43-49/h7-16,24,40,43,49H,17-23H2,1-6H3/t24-,34?,35?,36?,37?,38?,39?/m0/s1. The van der Waals surface area contributed by atoms with Crippen molar-refractivity contribution in [2.45, 2.75) is 123 Å². The third kappa shape index (κ3) is 3.68. The van der Waals surface area contributed by atoms with Gasteiger partial charge in [0.25, 0.3) is 0 Å². The fraction of sp³-hybridized carbons (Fsp3) is 0.564. The lowest BCUT2D eigenvalue weighted by atomic mass is 9.39. The molecular weight excluding hydrogens is 629 g/mol. The number of hydrogen-bond acceptors (Lipinski definition) is 8. The number of rotatable bonds is 12. The molecule has 2 aromatic carbocycles. The molecule has 49 heavy (non-hydrogen) atoms. The van der Waals surface area contributed by atoms with Crippen molar-refractivity contribution in [2.24, 2.45) is 5.92 Å². The van der Waals surface area contributed by atoms with Crippen LogP contribution < -0.4 is 10.0 Å². The van der Waals surface area contributed by atoms with Crippen molar-refractivity contribution in [3.63, 3.8) is 0 Å². The van der Waals surface area contributed by atoms with Crippen molar-refractivity contribution < 1.29 is 4.79 Å². The molecule has 4 aromatic rings. The molecule has 0 spiro atoms. The monoisotopic (exact) mass is 674 g/mol. The average Bonchev–Trinajstić information content (AvgIpc) is 3.99. The van der Waals surface area contributed by atoms with Gasteiger partial charge >= 0.3 is 0 Å². The van der Waals surface area contributed by atoms with E-state index in [4.69, 9.17) is 0 Å². The number of nitrogens with zero attached hydrogens (tertiary/aromatic N) is 6. The van der Waals surface area contributed by atoms with E-state index in [1.807, 2.05) is 31.3 Å². The van der Waals surface area contributed by atoms with E-state index in [1.165, 1.54) is 11.1 Å². The summed E-state index contributed by atoms with van der Waals surface area (Å²) in [6.45, 7) is 11.3. The highest BCUT2D eigenvalue weighted by atomic mass is 32.1. The molecule has 11 rings (SSSR count). The summed E-state index contributed by atoms with van der Waals surface area (Å²) in [5, 5.41) is 22.0. The summed E-state index contributed by atoms with van der Waals surface area (Å²) in [4.78, 5) is 13.6. The fourth-order valence-corrected chi connectivity index (χ4v) is 11.4. The van der Waals surface area contributed by atoms with E-state index < -0.39 is 0 Å². The number of fused-ring (bicyclic) bond motifs is 2. The number of ketones is 1. The Morgan fingerprint density at radius 2 is 1.47 bits per heavy atom. The summed E-state index contributed by atoms with van der Waals surface area (Å²) < 4.78 is 7.48. The maximum atomic E-state index is 13.6. The van der Waals surface area contributed by atoms with Gasteiger partial charge < -0.3 is 5.32 Å². The summed E-state index contributed by atoms with van der Waals surface area (Å²) in [5.41, 5.74) is 6.85. The number of carbonyl (C=O) groups is 1. The van der Waals surface area contributed by atoms with Gasteiger partial charge in [-0.15, -0.1) is 10.2 Å². The van der Waals surface area contributed by atoms with Crippen molar-refractivity contribution in [1.29, 1.82) is 0 Å². The van der Waals surface area contributed by atoms with Crippen molar-refractivity contribution in [2.75, 3.05) is 7.05 Å². The van der Waals surface area contributed by atoms with E-state index in [2.05, 4.69) is 124 Å². The third-order valence-corrected chi connectivity index (χ3v) is 15.1. The highest BCUT2D eigenvalue weighted by Gasteiger charge is 2.91. The second-order valence-corrected chi connectivity index (χ2v) is 18.5. The lowest BCUT2D eigenvalue weighted by molar-refractivity contribution is -0.0727. The van der Waals surface area contributed by atoms with Gasteiger partial charge in [0, 0.05) is 56.3 Å². The van der Waals surface area contributed by atoms with Crippen molar-refractivity contribution in [3.05, 3.63) is 94.6 Å². The fourth-order valence-electron chi connectivity index (χ4n) is 11.1. The largest absolute Gasteiger partial charge is 0.315 e. The maximum Gasteiger partial charge on any atom is 0.193 e. The van der Waals surface area contributed by atoms with E-state index in [0.29, 0.717) is 5.92 Å². The first-order valence-corrected chi connectivity index (χ1v) is 18.4. The molecule has 2 heterocycles. The Morgan fingerprint density at radius 3 is 2.06 bits per heavy atom. The van der Waals surface area contributed by atoms with Crippen LogP contribution >= 0.6 is 12.8 Å². The van der Waals surface area contributed by atoms with Gasteiger partial charge in [0.2, 0.25) is 0 Å². The zero-order valence-corrected chi connectivity index (χ0v) is 30.2. The molecule has 7 fully saturated rings. The quantitative estimate of drug-likeness (QED) is 0.135. The highest BCUT2D eigenvalue weighted by molar-refractivity contribution is 7.78. The molecule has 0 amide bonds. The second kappa shape index (κ2) is 8.93. The normalized spacial score (nSPS) is 37.4. The number of benzene rings is 2. The molecule has 3 atom stereocenters. The number of nitrogens with one attached hydrogen (secondary N) is 2. The van der Waals surface area contributed by atoms with Gasteiger partial charge in [0.1, 0.15) is 0 Å². The molecule has 7 aliphatic rings. The number of aromatic nitrogens is 6. The first-order chi connectivity index (χ1) is 23.2. The number of hydrogen-bond donors (Lipinski definition) is 3. The first kappa shape index (κ1) is 30.5. The molecule has 0 radical (unpaired) electrons. The minimum Gasteiger partial charge on any atom is -0.315 e. The van der Waals surface area contributed by atoms with Crippen LogP contribution in [0.3, 0.4) is 0 Å². The van der Waals surface area contributed by atoms with Crippen molar-refractivity contribution in [3.8, 4) is 0 Å². The molecule has 2 N–H and O–H groups in total. The zero-order chi connectivity index (χ0) is 34.0. The van der Waals surface area contributed by atoms with Gasteiger partial charge in [-0.25, -0.2) is 9.36 Å². The SMILES string of the molecule is CNC(C)(C)CC(C)(C)c1cn(C23CC2(c2ccc(C(=O)c4ccc(C56CC5(n5cc(C78CC(NS)(C7)C8)nn5)C6)cc4)cc2)[C@@H]3C)nn1. The Balaban J connectivity index is 0.808. The molecule has 2 bridgehead atoms. The summed E-state index contributed by atoms with van der Waals surface area (Å²) in [6, 6.07) is 16.7. The summed E-state index contributed by atoms with van der Waals surface area (Å²) in [7, 11) is 2.02. The Labute approximate surface area is 293 Å². The van der Waals surface area contributed by atoms with Crippen LogP contribution in [0.5, 0.6) is 0 Å². The minimum atomic E-state index is -0.0947. The molecule has 2 unspecified atom stereocenters. The molecule has 9 nitrogen and oxygen atoms in total. The van der Waals surface area contributed by atoms with Crippen LogP contribution in [0.25, 0.3) is 0 Å². The van der Waals surface area contributed by atoms with E-state index >= 15 is 0 Å². The van der Waals surface area contributed by atoms with Gasteiger partial charge in [-0.05, 0) is 82.9 Å². The number of carbonyl (C=O) groups excluding carboxylic acids is 1. The summed E-state index contributed by atoms with van der Waals surface area (Å²) >= 11 is 4.31. The van der Waals surface area contributed by atoms with Crippen LogP contribution in [0.4, 0.5) is 0 Å². The van der Waals surface area contributed by atoms with Gasteiger partial charge in [0.15, 0.2) is 5.78 Å². The number of thiol groups is 1. The first-order valence-electron chi connectivity index (χ1n) is 18.0. The van der Waals surface area contributed by atoms with Gasteiger partial charge in [-0.2, -0.15) is 0 Å². The molecule has 7 aliphatic carbocycles. The van der Waals surface area contributed by atoms with Crippen LogP contribution in [0, 0.1) is 5.92 Å². The molecule has 7 saturated carbocycles. The van der Waals surface area contributed by atoms with E-state index in [1.54, 1.807) is 0 Å². The predicted octanol–water partition coefficient (Wildman–Crippen LogP) is 5.50. The van der Waals surface area contributed by atoms with Gasteiger partial charge in [0.05, 0.1) is 22.5 Å². The molecule has 2 aromatic heterocycles.